The van der Waals surface area contributed by atoms with Crippen molar-refractivity contribution in [3.05, 3.63) is 96.9 Å². The quantitative estimate of drug-likeness (QED) is 0.224. The van der Waals surface area contributed by atoms with E-state index in [4.69, 9.17) is 58.0 Å². The fourth-order valence-electron chi connectivity index (χ4n) is 4.07. The number of hydrogen-bond acceptors (Lipinski definition) is 4. The van der Waals surface area contributed by atoms with Crippen LogP contribution in [0, 0.1) is 0 Å². The molecule has 0 aromatic heterocycles. The summed E-state index contributed by atoms with van der Waals surface area (Å²) in [6.07, 6.45) is 1.11. The first kappa shape index (κ1) is 33.3. The summed E-state index contributed by atoms with van der Waals surface area (Å²) in [4.78, 5) is 29.0. The van der Waals surface area contributed by atoms with E-state index in [9.17, 15) is 18.0 Å². The molecule has 1 N–H and O–H groups in total. The zero-order chi connectivity index (χ0) is 30.5. The number of nitrogens with zero attached hydrogens (tertiary/aromatic N) is 2. The standard InChI is InChI=1S/C28H28Cl5N3O4S/c1-17(2)34-28(38)26(12-18-7-5-4-6-8-18)35(15-19-9-10-20(29)21(30)11-19)27(37)16-36(41(3,39)40)25-14-23(32)22(31)13-24(25)33/h4-11,13-14,17,26H,12,15-16H2,1-3H3,(H,34,38)/t26-/m0/s1. The second kappa shape index (κ2) is 14.3. The predicted octanol–water partition coefficient (Wildman–Crippen LogP) is 6.88. The summed E-state index contributed by atoms with van der Waals surface area (Å²) in [5.74, 6) is -1.07. The number of nitrogens with one attached hydrogen (secondary N) is 1. The molecule has 1 atom stereocenters. The number of anilines is 1. The number of carbonyl (C=O) groups is 2. The lowest BCUT2D eigenvalue weighted by Crippen LogP contribution is -2.54. The van der Waals surface area contributed by atoms with Gasteiger partial charge in [0.2, 0.25) is 21.8 Å². The van der Waals surface area contributed by atoms with E-state index in [1.54, 1.807) is 32.0 Å². The molecule has 41 heavy (non-hydrogen) atoms. The average Bonchev–Trinajstić information content (AvgIpc) is 2.88. The minimum atomic E-state index is -4.05. The van der Waals surface area contributed by atoms with Crippen molar-refractivity contribution in [1.29, 1.82) is 0 Å². The molecule has 7 nitrogen and oxygen atoms in total. The van der Waals surface area contributed by atoms with Crippen LogP contribution in [0.2, 0.25) is 25.1 Å². The molecule has 3 rings (SSSR count). The van der Waals surface area contributed by atoms with Gasteiger partial charge in [0, 0.05) is 19.0 Å². The molecule has 0 radical (unpaired) electrons. The van der Waals surface area contributed by atoms with Crippen LogP contribution in [0.3, 0.4) is 0 Å². The first-order chi connectivity index (χ1) is 19.2. The normalized spacial score (nSPS) is 12.2. The highest BCUT2D eigenvalue weighted by Gasteiger charge is 2.34. The van der Waals surface area contributed by atoms with Crippen LogP contribution in [0.5, 0.6) is 0 Å². The Bertz CT molecular complexity index is 1520. The first-order valence-electron chi connectivity index (χ1n) is 12.4. The smallest absolute Gasteiger partial charge is 0.244 e. The molecule has 0 bridgehead atoms. The third-order valence-electron chi connectivity index (χ3n) is 5.98. The van der Waals surface area contributed by atoms with Gasteiger partial charge in [-0.1, -0.05) is 94.4 Å². The number of benzene rings is 3. The zero-order valence-corrected chi connectivity index (χ0v) is 27.0. The van der Waals surface area contributed by atoms with Crippen LogP contribution >= 0.6 is 58.0 Å². The monoisotopic (exact) mass is 677 g/mol. The first-order valence-corrected chi connectivity index (χ1v) is 16.1. The maximum atomic E-state index is 14.1. The van der Waals surface area contributed by atoms with Gasteiger partial charge in [0.25, 0.3) is 0 Å². The Kier molecular flexibility index (Phi) is 11.6. The van der Waals surface area contributed by atoms with E-state index in [1.165, 1.54) is 17.0 Å². The second-order valence-corrected chi connectivity index (χ2v) is 13.6. The van der Waals surface area contributed by atoms with Gasteiger partial charge in [-0.15, -0.1) is 0 Å². The van der Waals surface area contributed by atoms with Gasteiger partial charge >= 0.3 is 0 Å². The number of sulfonamides is 1. The number of halogens is 5. The van der Waals surface area contributed by atoms with Crippen molar-refractivity contribution in [2.45, 2.75) is 38.9 Å². The molecule has 0 aliphatic rings. The lowest BCUT2D eigenvalue weighted by Gasteiger charge is -2.34. The zero-order valence-electron chi connectivity index (χ0n) is 22.4. The molecule has 0 heterocycles. The van der Waals surface area contributed by atoms with Crippen LogP contribution in [0.15, 0.2) is 60.7 Å². The van der Waals surface area contributed by atoms with Crippen molar-refractivity contribution in [3.8, 4) is 0 Å². The lowest BCUT2D eigenvalue weighted by atomic mass is 10.0. The summed E-state index contributed by atoms with van der Waals surface area (Å²) in [7, 11) is -4.05. The van der Waals surface area contributed by atoms with Crippen LogP contribution in [-0.4, -0.2) is 50.0 Å². The molecule has 13 heteroatoms. The molecule has 220 valence electrons. The summed E-state index contributed by atoms with van der Waals surface area (Å²) in [5, 5.41) is 3.62. The summed E-state index contributed by atoms with van der Waals surface area (Å²) >= 11 is 30.9. The molecule has 0 saturated heterocycles. The summed E-state index contributed by atoms with van der Waals surface area (Å²) in [6, 6.07) is 15.4. The molecule has 3 aromatic rings. The summed E-state index contributed by atoms with van der Waals surface area (Å²) in [5.41, 5.74) is 1.36. The fraction of sp³-hybridized carbons (Fsp3) is 0.286. The number of amides is 2. The third-order valence-corrected chi connectivity index (χ3v) is 8.87. The summed E-state index contributed by atoms with van der Waals surface area (Å²) < 4.78 is 26.7. The topological polar surface area (TPSA) is 86.8 Å². The SMILES string of the molecule is CC(C)NC(=O)[C@H](Cc1ccccc1)N(Cc1ccc(Cl)c(Cl)c1)C(=O)CN(c1cc(Cl)c(Cl)cc1Cl)S(C)(=O)=O. The van der Waals surface area contributed by atoms with Crippen LogP contribution in [-0.2, 0) is 32.6 Å². The molecule has 2 amide bonds. The fourth-order valence-corrected chi connectivity index (χ4v) is 5.93. The highest BCUT2D eigenvalue weighted by atomic mass is 35.5. The minimum absolute atomic E-state index is 0.0213. The van der Waals surface area contributed by atoms with Crippen LogP contribution in [0.25, 0.3) is 0 Å². The Hall–Kier alpha value is -2.20. The molecule has 0 saturated carbocycles. The largest absolute Gasteiger partial charge is 0.352 e. The maximum absolute atomic E-state index is 14.1. The van der Waals surface area contributed by atoms with Crippen molar-refractivity contribution in [2.24, 2.45) is 0 Å². The molecular weight excluding hydrogens is 652 g/mol. The van der Waals surface area contributed by atoms with E-state index >= 15 is 0 Å². The Morgan fingerprint density at radius 1 is 0.805 bits per heavy atom. The minimum Gasteiger partial charge on any atom is -0.352 e. The molecular formula is C28H28Cl5N3O4S. The van der Waals surface area contributed by atoms with E-state index in [0.29, 0.717) is 10.6 Å². The molecule has 0 aliphatic heterocycles. The van der Waals surface area contributed by atoms with Gasteiger partial charge in [0.1, 0.15) is 12.6 Å². The van der Waals surface area contributed by atoms with E-state index in [0.717, 1.165) is 16.1 Å². The summed E-state index contributed by atoms with van der Waals surface area (Å²) in [6.45, 7) is 2.88. The lowest BCUT2D eigenvalue weighted by molar-refractivity contribution is -0.140. The van der Waals surface area contributed by atoms with Gasteiger partial charge in [0.05, 0.1) is 37.1 Å². The predicted molar refractivity (Wildman–Crippen MR) is 168 cm³/mol. The van der Waals surface area contributed by atoms with Crippen molar-refractivity contribution in [3.63, 3.8) is 0 Å². The highest BCUT2D eigenvalue weighted by molar-refractivity contribution is 7.92. The van der Waals surface area contributed by atoms with Gasteiger partial charge in [0.15, 0.2) is 0 Å². The van der Waals surface area contributed by atoms with Crippen LogP contribution < -0.4 is 9.62 Å². The van der Waals surface area contributed by atoms with Gasteiger partial charge < -0.3 is 10.2 Å². The van der Waals surface area contributed by atoms with E-state index in [2.05, 4.69) is 5.32 Å². The second-order valence-electron chi connectivity index (χ2n) is 9.63. The Balaban J connectivity index is 2.11. The van der Waals surface area contributed by atoms with E-state index in [1.807, 2.05) is 30.3 Å². The van der Waals surface area contributed by atoms with Crippen molar-refractivity contribution in [2.75, 3.05) is 17.1 Å². The number of rotatable bonds is 11. The number of carbonyl (C=O) groups excluding carboxylic acids is 2. The number of hydrogen-bond donors (Lipinski definition) is 1. The Morgan fingerprint density at radius 2 is 1.41 bits per heavy atom. The van der Waals surface area contributed by atoms with Gasteiger partial charge in [-0.2, -0.15) is 0 Å². The highest BCUT2D eigenvalue weighted by Crippen LogP contribution is 2.36. The van der Waals surface area contributed by atoms with Crippen LogP contribution in [0.4, 0.5) is 5.69 Å². The van der Waals surface area contributed by atoms with Crippen molar-refractivity contribution < 1.29 is 18.0 Å². The van der Waals surface area contributed by atoms with E-state index in [-0.39, 0.29) is 44.8 Å². The Morgan fingerprint density at radius 3 is 2.00 bits per heavy atom. The Labute approximate surface area is 265 Å². The molecule has 0 aliphatic carbocycles. The van der Waals surface area contributed by atoms with Gasteiger partial charge in [-0.3, -0.25) is 13.9 Å². The van der Waals surface area contributed by atoms with Crippen molar-refractivity contribution >= 4 is 85.5 Å². The maximum Gasteiger partial charge on any atom is 0.244 e. The van der Waals surface area contributed by atoms with Crippen LogP contribution in [0.1, 0.15) is 25.0 Å². The molecule has 0 unspecified atom stereocenters. The van der Waals surface area contributed by atoms with E-state index < -0.39 is 34.4 Å². The van der Waals surface area contributed by atoms with Gasteiger partial charge in [-0.05, 0) is 49.2 Å². The molecule has 3 aromatic carbocycles. The van der Waals surface area contributed by atoms with Crippen molar-refractivity contribution in [1.82, 2.24) is 10.2 Å². The third kappa shape index (κ3) is 9.14. The molecule has 0 fully saturated rings. The average molecular weight is 680 g/mol. The van der Waals surface area contributed by atoms with Gasteiger partial charge in [-0.25, -0.2) is 8.42 Å². The molecule has 0 spiro atoms.